The third kappa shape index (κ3) is 4.67. The van der Waals surface area contributed by atoms with E-state index in [0.29, 0.717) is 22.6 Å². The topological polar surface area (TPSA) is 55.8 Å². The van der Waals surface area contributed by atoms with Gasteiger partial charge in [0, 0.05) is 5.02 Å². The first-order valence-corrected chi connectivity index (χ1v) is 9.71. The molecule has 0 bridgehead atoms. The lowest BCUT2D eigenvalue weighted by atomic mass is 9.81. The van der Waals surface area contributed by atoms with Crippen LogP contribution in [-0.4, -0.2) is 30.9 Å². The molecule has 0 aliphatic rings. The summed E-state index contributed by atoms with van der Waals surface area (Å²) in [7, 11) is 1.25. The molecule has 0 spiro atoms. The summed E-state index contributed by atoms with van der Waals surface area (Å²) in [6.45, 7) is 0.277. The largest absolute Gasteiger partial charge is 0.467 e. The van der Waals surface area contributed by atoms with Gasteiger partial charge >= 0.3 is 5.97 Å². The zero-order valence-electron chi connectivity index (χ0n) is 16.1. The molecule has 0 aliphatic heterocycles. The van der Waals surface area contributed by atoms with E-state index in [1.165, 1.54) is 7.11 Å². The molecular formula is C24H23ClO4. The smallest absolute Gasteiger partial charge is 0.338 e. The number of hydrogen-bond donors (Lipinski definition) is 1. The first-order valence-electron chi connectivity index (χ1n) is 9.33. The van der Waals surface area contributed by atoms with Crippen LogP contribution in [0.3, 0.4) is 0 Å². The van der Waals surface area contributed by atoms with Gasteiger partial charge in [0.05, 0.1) is 13.7 Å². The maximum atomic E-state index is 12.4. The van der Waals surface area contributed by atoms with Crippen molar-refractivity contribution >= 4 is 17.6 Å². The maximum Gasteiger partial charge on any atom is 0.338 e. The van der Waals surface area contributed by atoms with Crippen LogP contribution >= 0.6 is 11.6 Å². The van der Waals surface area contributed by atoms with Gasteiger partial charge in [0.25, 0.3) is 0 Å². The van der Waals surface area contributed by atoms with Gasteiger partial charge in [0.15, 0.2) is 11.7 Å². The average Bonchev–Trinajstić information content (AvgIpc) is 2.78. The van der Waals surface area contributed by atoms with Gasteiger partial charge in [-0.25, -0.2) is 4.79 Å². The predicted molar refractivity (Wildman–Crippen MR) is 113 cm³/mol. The van der Waals surface area contributed by atoms with Crippen molar-refractivity contribution in [1.29, 1.82) is 0 Å². The van der Waals surface area contributed by atoms with Crippen molar-refractivity contribution in [3.05, 3.63) is 107 Å². The minimum absolute atomic E-state index is 0.277. The Balaban J connectivity index is 2.01. The predicted octanol–water partition coefficient (Wildman–Crippen LogP) is 4.38. The Morgan fingerprint density at radius 2 is 1.45 bits per heavy atom. The zero-order chi connectivity index (χ0) is 20.7. The highest BCUT2D eigenvalue weighted by Crippen LogP contribution is 2.38. The van der Waals surface area contributed by atoms with Gasteiger partial charge in [0.1, 0.15) is 0 Å². The first-order chi connectivity index (χ1) is 14.1. The second-order valence-corrected chi connectivity index (χ2v) is 7.05. The highest BCUT2D eigenvalue weighted by Gasteiger charge is 2.47. The number of halogens is 1. The number of aliphatic hydroxyl groups excluding tert-OH is 1. The van der Waals surface area contributed by atoms with Crippen LogP contribution in [0.2, 0.25) is 5.02 Å². The zero-order valence-corrected chi connectivity index (χ0v) is 16.9. The van der Waals surface area contributed by atoms with Crippen molar-refractivity contribution in [3.63, 3.8) is 0 Å². The van der Waals surface area contributed by atoms with E-state index in [9.17, 15) is 9.90 Å². The van der Waals surface area contributed by atoms with E-state index in [4.69, 9.17) is 21.1 Å². The molecule has 1 atom stereocenters. The Bertz CT molecular complexity index is 871. The van der Waals surface area contributed by atoms with E-state index in [1.54, 1.807) is 0 Å². The molecule has 0 amide bonds. The van der Waals surface area contributed by atoms with Crippen molar-refractivity contribution in [3.8, 4) is 0 Å². The lowest BCUT2D eigenvalue weighted by molar-refractivity contribution is -0.170. The van der Waals surface area contributed by atoms with Gasteiger partial charge < -0.3 is 14.6 Å². The van der Waals surface area contributed by atoms with Crippen LogP contribution in [0.5, 0.6) is 0 Å². The number of ether oxygens (including phenoxy) is 2. The highest BCUT2D eigenvalue weighted by atomic mass is 35.5. The summed E-state index contributed by atoms with van der Waals surface area (Å²) < 4.78 is 11.2. The molecule has 0 radical (unpaired) electrons. The number of methoxy groups -OCH3 is 1. The minimum Gasteiger partial charge on any atom is -0.467 e. The molecule has 150 valence electrons. The molecule has 0 saturated heterocycles. The van der Waals surface area contributed by atoms with Gasteiger partial charge in [-0.3, -0.25) is 0 Å². The Labute approximate surface area is 175 Å². The van der Waals surface area contributed by atoms with E-state index < -0.39 is 17.7 Å². The molecule has 0 heterocycles. The SMILES string of the molecule is COC(=O)C(O)C(OCCc1ccc(Cl)cc1)(c1ccccc1)c1ccccc1. The molecule has 1 N–H and O–H groups in total. The van der Waals surface area contributed by atoms with Crippen LogP contribution in [0, 0.1) is 0 Å². The molecule has 3 aromatic carbocycles. The fraction of sp³-hybridized carbons (Fsp3) is 0.208. The number of hydrogen-bond acceptors (Lipinski definition) is 4. The number of benzene rings is 3. The molecule has 3 aromatic rings. The van der Waals surface area contributed by atoms with Gasteiger partial charge in [-0.2, -0.15) is 0 Å². The normalized spacial score (nSPS) is 12.4. The van der Waals surface area contributed by atoms with Crippen molar-refractivity contribution in [2.45, 2.75) is 18.1 Å². The van der Waals surface area contributed by atoms with Crippen LogP contribution in [0.15, 0.2) is 84.9 Å². The van der Waals surface area contributed by atoms with E-state index in [1.807, 2.05) is 84.9 Å². The summed E-state index contributed by atoms with van der Waals surface area (Å²) in [4.78, 5) is 12.4. The van der Waals surface area contributed by atoms with Gasteiger partial charge in [-0.1, -0.05) is 84.4 Å². The van der Waals surface area contributed by atoms with Crippen molar-refractivity contribution in [2.75, 3.05) is 13.7 Å². The third-order valence-corrected chi connectivity index (χ3v) is 5.10. The Morgan fingerprint density at radius 1 is 0.931 bits per heavy atom. The van der Waals surface area contributed by atoms with Crippen molar-refractivity contribution in [1.82, 2.24) is 0 Å². The minimum atomic E-state index is -1.54. The molecule has 29 heavy (non-hydrogen) atoms. The monoisotopic (exact) mass is 410 g/mol. The first kappa shape index (κ1) is 21.1. The summed E-state index contributed by atoms with van der Waals surface area (Å²) >= 11 is 5.96. The third-order valence-electron chi connectivity index (χ3n) is 4.85. The number of esters is 1. The highest BCUT2D eigenvalue weighted by molar-refractivity contribution is 6.30. The van der Waals surface area contributed by atoms with Gasteiger partial charge in [-0.05, 0) is 35.2 Å². The summed E-state index contributed by atoms with van der Waals surface area (Å²) in [5, 5.41) is 11.7. The lowest BCUT2D eigenvalue weighted by Crippen LogP contribution is -2.48. The number of aliphatic hydroxyl groups is 1. The molecule has 0 aliphatic carbocycles. The van der Waals surface area contributed by atoms with Crippen LogP contribution < -0.4 is 0 Å². The quantitative estimate of drug-likeness (QED) is 0.560. The maximum absolute atomic E-state index is 12.4. The average molecular weight is 411 g/mol. The van der Waals surface area contributed by atoms with E-state index >= 15 is 0 Å². The van der Waals surface area contributed by atoms with Crippen LogP contribution in [0.25, 0.3) is 0 Å². The van der Waals surface area contributed by atoms with Gasteiger partial charge in [-0.15, -0.1) is 0 Å². The van der Waals surface area contributed by atoms with E-state index in [0.717, 1.165) is 5.56 Å². The number of carbonyl (C=O) groups is 1. The number of rotatable bonds is 8. The Morgan fingerprint density at radius 3 is 1.93 bits per heavy atom. The Hall–Kier alpha value is -2.66. The molecule has 0 saturated carbocycles. The second-order valence-electron chi connectivity index (χ2n) is 6.62. The number of carbonyl (C=O) groups excluding carboxylic acids is 1. The van der Waals surface area contributed by atoms with E-state index in [-0.39, 0.29) is 6.61 Å². The molecule has 1 unspecified atom stereocenters. The van der Waals surface area contributed by atoms with E-state index in [2.05, 4.69) is 0 Å². The van der Waals surface area contributed by atoms with Crippen LogP contribution in [0.1, 0.15) is 16.7 Å². The molecular weight excluding hydrogens is 388 g/mol. The molecule has 0 fully saturated rings. The molecule has 3 rings (SSSR count). The fourth-order valence-electron chi connectivity index (χ4n) is 3.36. The lowest BCUT2D eigenvalue weighted by Gasteiger charge is -2.37. The summed E-state index contributed by atoms with van der Waals surface area (Å²) in [6.07, 6.45) is -0.950. The molecule has 0 aromatic heterocycles. The summed E-state index contributed by atoms with van der Waals surface area (Å²) in [6, 6.07) is 26.0. The second kappa shape index (κ2) is 9.70. The standard InChI is InChI=1S/C24H23ClO4/c1-28-23(27)22(26)24(19-8-4-2-5-9-19,20-10-6-3-7-11-20)29-17-16-18-12-14-21(25)15-13-18/h2-15,22,26H,16-17H2,1H3. The van der Waals surface area contributed by atoms with Crippen LogP contribution in [-0.2, 0) is 26.3 Å². The molecule has 4 nitrogen and oxygen atoms in total. The Kier molecular flexibility index (Phi) is 7.04. The van der Waals surface area contributed by atoms with Crippen molar-refractivity contribution in [2.24, 2.45) is 0 Å². The van der Waals surface area contributed by atoms with Crippen LogP contribution in [0.4, 0.5) is 0 Å². The summed E-state index contributed by atoms with van der Waals surface area (Å²) in [5.74, 6) is -0.760. The fourth-order valence-corrected chi connectivity index (χ4v) is 3.48. The summed E-state index contributed by atoms with van der Waals surface area (Å²) in [5.41, 5.74) is 0.972. The van der Waals surface area contributed by atoms with Gasteiger partial charge in [0.2, 0.25) is 0 Å². The van der Waals surface area contributed by atoms with Crippen molar-refractivity contribution < 1.29 is 19.4 Å². The molecule has 5 heteroatoms.